The number of carbonyl (C=O) groups excluding carboxylic acids is 2. The molecule has 1 aromatic carbocycles. The number of benzene rings is 1. The van der Waals surface area contributed by atoms with Crippen LogP contribution in [0.3, 0.4) is 0 Å². The maximum atomic E-state index is 12.5. The number of hydrogen-bond acceptors (Lipinski definition) is 4. The van der Waals surface area contributed by atoms with Crippen LogP contribution in [-0.4, -0.2) is 41.3 Å². The summed E-state index contributed by atoms with van der Waals surface area (Å²) in [4.78, 5) is 26.3. The Morgan fingerprint density at radius 2 is 1.92 bits per heavy atom. The molecule has 1 fully saturated rings. The van der Waals surface area contributed by atoms with E-state index in [2.05, 4.69) is 5.32 Å². The van der Waals surface area contributed by atoms with E-state index < -0.39 is 11.7 Å². The van der Waals surface area contributed by atoms with Gasteiger partial charge in [-0.15, -0.1) is 0 Å². The molecule has 0 aromatic heterocycles. The SMILES string of the molecule is C[C@@H](NC(=O)OCc1ccccc1)[C@H]1CCCCN1C(=O)OC(C)(C)C. The third-order valence-corrected chi connectivity index (χ3v) is 4.31. The normalized spacial score (nSPS) is 18.8. The third kappa shape index (κ3) is 6.24. The Morgan fingerprint density at radius 1 is 1.23 bits per heavy atom. The zero-order chi connectivity index (χ0) is 19.2. The number of amides is 2. The van der Waals surface area contributed by atoms with Crippen LogP contribution in [0.4, 0.5) is 9.59 Å². The largest absolute Gasteiger partial charge is 0.445 e. The van der Waals surface area contributed by atoms with Crippen molar-refractivity contribution in [1.82, 2.24) is 10.2 Å². The van der Waals surface area contributed by atoms with Gasteiger partial charge in [0.15, 0.2) is 0 Å². The highest BCUT2D eigenvalue weighted by Crippen LogP contribution is 2.22. The number of likely N-dealkylation sites (tertiary alicyclic amines) is 1. The average molecular weight is 362 g/mol. The van der Waals surface area contributed by atoms with Crippen molar-refractivity contribution in [3.63, 3.8) is 0 Å². The number of ether oxygens (including phenoxy) is 2. The first kappa shape index (κ1) is 20.1. The van der Waals surface area contributed by atoms with E-state index in [1.165, 1.54) is 0 Å². The zero-order valence-corrected chi connectivity index (χ0v) is 16.2. The van der Waals surface area contributed by atoms with Crippen LogP contribution < -0.4 is 5.32 Å². The number of nitrogens with one attached hydrogen (secondary N) is 1. The molecule has 2 rings (SSSR count). The molecule has 0 unspecified atom stereocenters. The van der Waals surface area contributed by atoms with Gasteiger partial charge < -0.3 is 19.7 Å². The van der Waals surface area contributed by atoms with Crippen molar-refractivity contribution >= 4 is 12.2 Å². The molecule has 2 amide bonds. The van der Waals surface area contributed by atoms with Crippen molar-refractivity contribution in [1.29, 1.82) is 0 Å². The summed E-state index contributed by atoms with van der Waals surface area (Å²) in [6, 6.07) is 9.22. The van der Waals surface area contributed by atoms with Crippen LogP contribution in [0, 0.1) is 0 Å². The molecule has 6 nitrogen and oxygen atoms in total. The van der Waals surface area contributed by atoms with Crippen molar-refractivity contribution in [3.05, 3.63) is 35.9 Å². The van der Waals surface area contributed by atoms with E-state index in [1.54, 1.807) is 4.90 Å². The highest BCUT2D eigenvalue weighted by Gasteiger charge is 2.34. The lowest BCUT2D eigenvalue weighted by molar-refractivity contribution is 0.00528. The molecule has 1 saturated heterocycles. The first-order valence-corrected chi connectivity index (χ1v) is 9.23. The number of nitrogens with zero attached hydrogens (tertiary/aromatic N) is 1. The molecule has 1 aliphatic rings. The number of alkyl carbamates (subject to hydrolysis) is 1. The van der Waals surface area contributed by atoms with E-state index in [4.69, 9.17) is 9.47 Å². The van der Waals surface area contributed by atoms with Crippen molar-refractivity contribution in [2.45, 2.75) is 71.2 Å². The van der Waals surface area contributed by atoms with Crippen LogP contribution in [0.1, 0.15) is 52.5 Å². The Morgan fingerprint density at radius 3 is 2.58 bits per heavy atom. The molecule has 1 heterocycles. The molecule has 1 aromatic rings. The summed E-state index contributed by atoms with van der Waals surface area (Å²) in [5.74, 6) is 0. The topological polar surface area (TPSA) is 67.9 Å². The van der Waals surface area contributed by atoms with Crippen LogP contribution in [0.15, 0.2) is 30.3 Å². The summed E-state index contributed by atoms with van der Waals surface area (Å²) in [5, 5.41) is 2.86. The summed E-state index contributed by atoms with van der Waals surface area (Å²) < 4.78 is 10.8. The van der Waals surface area contributed by atoms with Crippen molar-refractivity contribution in [3.8, 4) is 0 Å². The van der Waals surface area contributed by atoms with Gasteiger partial charge in [0.05, 0.1) is 6.04 Å². The lowest BCUT2D eigenvalue weighted by Crippen LogP contribution is -2.55. The van der Waals surface area contributed by atoms with Gasteiger partial charge in [-0.2, -0.15) is 0 Å². The van der Waals surface area contributed by atoms with Crippen LogP contribution in [-0.2, 0) is 16.1 Å². The Labute approximate surface area is 155 Å². The van der Waals surface area contributed by atoms with Gasteiger partial charge in [0, 0.05) is 12.6 Å². The van der Waals surface area contributed by atoms with E-state index >= 15 is 0 Å². The Balaban J connectivity index is 1.89. The number of carbonyl (C=O) groups is 2. The van der Waals surface area contributed by atoms with Crippen LogP contribution in [0.2, 0.25) is 0 Å². The summed E-state index contributed by atoms with van der Waals surface area (Å²) >= 11 is 0. The second-order valence-corrected chi connectivity index (χ2v) is 7.73. The predicted octanol–water partition coefficient (Wildman–Crippen LogP) is 4.09. The molecule has 1 aliphatic heterocycles. The van der Waals surface area contributed by atoms with Crippen molar-refractivity contribution in [2.24, 2.45) is 0 Å². The molecule has 26 heavy (non-hydrogen) atoms. The molecule has 0 radical (unpaired) electrons. The van der Waals surface area contributed by atoms with E-state index in [-0.39, 0.29) is 24.8 Å². The first-order valence-electron chi connectivity index (χ1n) is 9.23. The van der Waals surface area contributed by atoms with Gasteiger partial charge in [0.25, 0.3) is 0 Å². The van der Waals surface area contributed by atoms with E-state index in [1.807, 2.05) is 58.0 Å². The summed E-state index contributed by atoms with van der Waals surface area (Å²) in [6.45, 7) is 8.33. The van der Waals surface area contributed by atoms with Crippen LogP contribution in [0.25, 0.3) is 0 Å². The van der Waals surface area contributed by atoms with Crippen LogP contribution >= 0.6 is 0 Å². The molecule has 2 atom stereocenters. The van der Waals surface area contributed by atoms with Gasteiger partial charge in [-0.1, -0.05) is 30.3 Å². The van der Waals surface area contributed by atoms with E-state index in [0.29, 0.717) is 6.54 Å². The molecule has 0 bridgehead atoms. The molecular formula is C20H30N2O4. The summed E-state index contributed by atoms with van der Waals surface area (Å²) in [5.41, 5.74) is 0.396. The lowest BCUT2D eigenvalue weighted by Gasteiger charge is -2.39. The predicted molar refractivity (Wildman–Crippen MR) is 99.8 cm³/mol. The van der Waals surface area contributed by atoms with Crippen LogP contribution in [0.5, 0.6) is 0 Å². The Bertz CT molecular complexity index is 598. The smallest absolute Gasteiger partial charge is 0.410 e. The minimum atomic E-state index is -0.537. The highest BCUT2D eigenvalue weighted by atomic mass is 16.6. The molecule has 6 heteroatoms. The standard InChI is InChI=1S/C20H30N2O4/c1-15(21-18(23)25-14-16-10-6-5-7-11-16)17-12-8-9-13-22(17)19(24)26-20(2,3)4/h5-7,10-11,15,17H,8-9,12-14H2,1-4H3,(H,21,23)/t15-,17-/m1/s1. The minimum absolute atomic E-state index is 0.0946. The van der Waals surface area contributed by atoms with Gasteiger partial charge in [-0.3, -0.25) is 0 Å². The average Bonchev–Trinajstić information content (AvgIpc) is 2.59. The van der Waals surface area contributed by atoms with Crippen molar-refractivity contribution in [2.75, 3.05) is 6.54 Å². The molecule has 144 valence electrons. The zero-order valence-electron chi connectivity index (χ0n) is 16.2. The second kappa shape index (κ2) is 8.92. The number of rotatable bonds is 4. The van der Waals surface area contributed by atoms with Gasteiger partial charge in [-0.25, -0.2) is 9.59 Å². The highest BCUT2D eigenvalue weighted by molar-refractivity contribution is 5.70. The molecule has 0 spiro atoms. The third-order valence-electron chi connectivity index (χ3n) is 4.31. The maximum Gasteiger partial charge on any atom is 0.410 e. The minimum Gasteiger partial charge on any atom is -0.445 e. The fourth-order valence-electron chi connectivity index (χ4n) is 3.07. The lowest BCUT2D eigenvalue weighted by atomic mass is 9.97. The first-order chi connectivity index (χ1) is 12.3. The fourth-order valence-corrected chi connectivity index (χ4v) is 3.07. The van der Waals surface area contributed by atoms with E-state index in [0.717, 1.165) is 24.8 Å². The maximum absolute atomic E-state index is 12.5. The van der Waals surface area contributed by atoms with Gasteiger partial charge in [0.1, 0.15) is 12.2 Å². The quantitative estimate of drug-likeness (QED) is 0.876. The molecule has 1 N–H and O–H groups in total. The van der Waals surface area contributed by atoms with Gasteiger partial charge in [-0.05, 0) is 52.5 Å². The molecule has 0 saturated carbocycles. The fraction of sp³-hybridized carbons (Fsp3) is 0.600. The van der Waals surface area contributed by atoms with E-state index in [9.17, 15) is 9.59 Å². The summed E-state index contributed by atoms with van der Waals surface area (Å²) in [6.07, 6.45) is 2.00. The Kier molecular flexibility index (Phi) is 6.89. The molecular weight excluding hydrogens is 332 g/mol. The second-order valence-electron chi connectivity index (χ2n) is 7.73. The summed E-state index contributed by atoms with van der Waals surface area (Å²) in [7, 11) is 0. The number of piperidine rings is 1. The van der Waals surface area contributed by atoms with Crippen molar-refractivity contribution < 1.29 is 19.1 Å². The van der Waals surface area contributed by atoms with Gasteiger partial charge in [0.2, 0.25) is 0 Å². The van der Waals surface area contributed by atoms with Gasteiger partial charge >= 0.3 is 12.2 Å². The Hall–Kier alpha value is -2.24. The number of hydrogen-bond donors (Lipinski definition) is 1. The molecule has 0 aliphatic carbocycles. The monoisotopic (exact) mass is 362 g/mol.